The molecule has 1 aliphatic rings. The average molecular weight is 396 g/mol. The molecular formula is C23H28N2O4. The molecule has 0 aliphatic carbocycles. The molecule has 0 bridgehead atoms. The van der Waals surface area contributed by atoms with E-state index in [1.54, 1.807) is 23.1 Å². The lowest BCUT2D eigenvalue weighted by molar-refractivity contribution is -0.117. The zero-order chi connectivity index (χ0) is 20.8. The van der Waals surface area contributed by atoms with Crippen molar-refractivity contribution in [1.29, 1.82) is 0 Å². The number of nitrogens with zero attached hydrogens (tertiary/aromatic N) is 1. The molecule has 0 aromatic heterocycles. The number of hydrogen-bond donors (Lipinski definition) is 1. The Labute approximate surface area is 171 Å². The highest BCUT2D eigenvalue weighted by Gasteiger charge is 2.22. The van der Waals surface area contributed by atoms with E-state index in [9.17, 15) is 9.59 Å². The van der Waals surface area contributed by atoms with E-state index in [-0.39, 0.29) is 11.8 Å². The summed E-state index contributed by atoms with van der Waals surface area (Å²) in [6.07, 6.45) is 1.43. The Balaban J connectivity index is 1.75. The number of carbonyl (C=O) groups excluding carboxylic acids is 2. The van der Waals surface area contributed by atoms with Crippen LogP contribution in [0, 0.1) is 5.92 Å². The quantitative estimate of drug-likeness (QED) is 0.713. The number of nitrogens with one attached hydrogen (secondary N) is 1. The minimum atomic E-state index is -0.244. The third-order valence-electron chi connectivity index (χ3n) is 4.57. The Morgan fingerprint density at radius 1 is 1.14 bits per heavy atom. The Kier molecular flexibility index (Phi) is 6.75. The maximum Gasteiger partial charge on any atom is 0.255 e. The maximum absolute atomic E-state index is 12.8. The lowest BCUT2D eigenvalue weighted by atomic mass is 10.1. The van der Waals surface area contributed by atoms with Gasteiger partial charge < -0.3 is 19.7 Å². The van der Waals surface area contributed by atoms with Gasteiger partial charge in [-0.3, -0.25) is 9.59 Å². The van der Waals surface area contributed by atoms with Crippen molar-refractivity contribution in [2.24, 2.45) is 5.92 Å². The van der Waals surface area contributed by atoms with Gasteiger partial charge in [0.1, 0.15) is 0 Å². The van der Waals surface area contributed by atoms with Crippen molar-refractivity contribution < 1.29 is 19.1 Å². The molecule has 1 heterocycles. The van der Waals surface area contributed by atoms with Crippen molar-refractivity contribution in [2.75, 3.05) is 30.0 Å². The zero-order valence-corrected chi connectivity index (χ0v) is 17.2. The summed E-state index contributed by atoms with van der Waals surface area (Å²) in [5.74, 6) is 1.45. The second-order valence-corrected chi connectivity index (χ2v) is 7.45. The van der Waals surface area contributed by atoms with Gasteiger partial charge in [0.25, 0.3) is 5.91 Å². The SMILES string of the molecule is CCOc1cc(C(=O)Nc2cccc(N3CCCC3=O)c2)ccc1OCC(C)C. The Bertz CT molecular complexity index is 879. The van der Waals surface area contributed by atoms with E-state index in [4.69, 9.17) is 9.47 Å². The van der Waals surface area contributed by atoms with Crippen LogP contribution in [0.1, 0.15) is 44.0 Å². The first kappa shape index (κ1) is 20.7. The van der Waals surface area contributed by atoms with Crippen LogP contribution >= 0.6 is 0 Å². The molecule has 154 valence electrons. The molecular weight excluding hydrogens is 368 g/mol. The molecule has 2 aromatic rings. The van der Waals surface area contributed by atoms with Crippen molar-refractivity contribution in [3.05, 3.63) is 48.0 Å². The van der Waals surface area contributed by atoms with Gasteiger partial charge >= 0.3 is 0 Å². The first-order chi connectivity index (χ1) is 14.0. The van der Waals surface area contributed by atoms with E-state index in [1.807, 2.05) is 31.2 Å². The molecule has 0 spiro atoms. The van der Waals surface area contributed by atoms with E-state index < -0.39 is 0 Å². The third kappa shape index (κ3) is 5.28. The van der Waals surface area contributed by atoms with Crippen LogP contribution in [-0.4, -0.2) is 31.6 Å². The highest BCUT2D eigenvalue weighted by molar-refractivity contribution is 6.05. The van der Waals surface area contributed by atoms with Gasteiger partial charge in [-0.2, -0.15) is 0 Å². The molecule has 0 unspecified atom stereocenters. The van der Waals surface area contributed by atoms with Gasteiger partial charge in [-0.25, -0.2) is 0 Å². The van der Waals surface area contributed by atoms with E-state index >= 15 is 0 Å². The Morgan fingerprint density at radius 3 is 2.66 bits per heavy atom. The fraction of sp³-hybridized carbons (Fsp3) is 0.391. The number of benzene rings is 2. The zero-order valence-electron chi connectivity index (χ0n) is 17.2. The summed E-state index contributed by atoms with van der Waals surface area (Å²) in [6, 6.07) is 12.5. The number of carbonyl (C=O) groups is 2. The standard InChI is InChI=1S/C23H28N2O4/c1-4-28-21-13-17(10-11-20(21)29-15-16(2)3)23(27)24-18-7-5-8-19(14-18)25-12-6-9-22(25)26/h5,7-8,10-11,13-14,16H,4,6,9,12,15H2,1-3H3,(H,24,27). The second kappa shape index (κ2) is 9.45. The number of amides is 2. The Morgan fingerprint density at radius 2 is 1.97 bits per heavy atom. The molecule has 0 atom stereocenters. The molecule has 0 saturated carbocycles. The van der Waals surface area contributed by atoms with Crippen molar-refractivity contribution in [2.45, 2.75) is 33.6 Å². The molecule has 2 aromatic carbocycles. The molecule has 6 nitrogen and oxygen atoms in total. The van der Waals surface area contributed by atoms with Crippen LogP contribution in [0.25, 0.3) is 0 Å². The summed E-state index contributed by atoms with van der Waals surface area (Å²) in [4.78, 5) is 26.5. The van der Waals surface area contributed by atoms with Crippen molar-refractivity contribution in [1.82, 2.24) is 0 Å². The van der Waals surface area contributed by atoms with Crippen LogP contribution in [0.3, 0.4) is 0 Å². The number of anilines is 2. The molecule has 29 heavy (non-hydrogen) atoms. The molecule has 6 heteroatoms. The fourth-order valence-corrected chi connectivity index (χ4v) is 3.17. The lowest BCUT2D eigenvalue weighted by Gasteiger charge is -2.17. The van der Waals surface area contributed by atoms with E-state index in [0.29, 0.717) is 54.8 Å². The van der Waals surface area contributed by atoms with Crippen molar-refractivity contribution in [3.63, 3.8) is 0 Å². The lowest BCUT2D eigenvalue weighted by Crippen LogP contribution is -2.23. The van der Waals surface area contributed by atoms with Gasteiger partial charge in [0.05, 0.1) is 13.2 Å². The van der Waals surface area contributed by atoms with E-state index in [2.05, 4.69) is 19.2 Å². The monoisotopic (exact) mass is 396 g/mol. The Hall–Kier alpha value is -3.02. The van der Waals surface area contributed by atoms with Crippen LogP contribution < -0.4 is 19.7 Å². The van der Waals surface area contributed by atoms with Gasteiger partial charge in [0.15, 0.2) is 11.5 Å². The average Bonchev–Trinajstić information content (AvgIpc) is 3.13. The summed E-state index contributed by atoms with van der Waals surface area (Å²) >= 11 is 0. The molecule has 0 radical (unpaired) electrons. The van der Waals surface area contributed by atoms with Gasteiger partial charge in [0, 0.05) is 29.9 Å². The maximum atomic E-state index is 12.8. The highest BCUT2D eigenvalue weighted by atomic mass is 16.5. The number of ether oxygens (including phenoxy) is 2. The summed E-state index contributed by atoms with van der Waals surface area (Å²) < 4.78 is 11.5. The van der Waals surface area contributed by atoms with Crippen LogP contribution in [0.4, 0.5) is 11.4 Å². The van der Waals surface area contributed by atoms with Crippen molar-refractivity contribution in [3.8, 4) is 11.5 Å². The minimum absolute atomic E-state index is 0.117. The third-order valence-corrected chi connectivity index (χ3v) is 4.57. The van der Waals surface area contributed by atoms with Gasteiger partial charge in [0.2, 0.25) is 5.91 Å². The van der Waals surface area contributed by atoms with Gasteiger partial charge in [-0.05, 0) is 55.7 Å². The summed E-state index contributed by atoms with van der Waals surface area (Å²) in [5.41, 5.74) is 1.93. The normalized spacial score (nSPS) is 13.7. The van der Waals surface area contributed by atoms with Gasteiger partial charge in [-0.15, -0.1) is 0 Å². The highest BCUT2D eigenvalue weighted by Crippen LogP contribution is 2.30. The molecule has 3 rings (SSSR count). The molecule has 1 fully saturated rings. The first-order valence-electron chi connectivity index (χ1n) is 10.1. The summed E-state index contributed by atoms with van der Waals surface area (Å²) in [7, 11) is 0. The topological polar surface area (TPSA) is 67.9 Å². The smallest absolute Gasteiger partial charge is 0.255 e. The predicted octanol–water partition coefficient (Wildman–Crippen LogP) is 4.50. The first-order valence-corrected chi connectivity index (χ1v) is 10.1. The molecule has 1 N–H and O–H groups in total. The number of rotatable bonds is 8. The van der Waals surface area contributed by atoms with E-state index in [0.717, 1.165) is 12.1 Å². The summed E-state index contributed by atoms with van der Waals surface area (Å²) in [6.45, 7) is 7.82. The fourth-order valence-electron chi connectivity index (χ4n) is 3.17. The van der Waals surface area contributed by atoms with Crippen molar-refractivity contribution >= 4 is 23.2 Å². The predicted molar refractivity (Wildman–Crippen MR) is 114 cm³/mol. The second-order valence-electron chi connectivity index (χ2n) is 7.45. The largest absolute Gasteiger partial charge is 0.490 e. The minimum Gasteiger partial charge on any atom is -0.490 e. The van der Waals surface area contributed by atoms with Crippen LogP contribution in [-0.2, 0) is 4.79 Å². The van der Waals surface area contributed by atoms with Crippen LogP contribution in [0.5, 0.6) is 11.5 Å². The van der Waals surface area contributed by atoms with E-state index in [1.165, 1.54) is 0 Å². The van der Waals surface area contributed by atoms with Crippen LogP contribution in [0.15, 0.2) is 42.5 Å². The molecule has 1 saturated heterocycles. The molecule has 1 aliphatic heterocycles. The van der Waals surface area contributed by atoms with Gasteiger partial charge in [-0.1, -0.05) is 19.9 Å². The summed E-state index contributed by atoms with van der Waals surface area (Å²) in [5, 5.41) is 2.90. The number of hydrogen-bond acceptors (Lipinski definition) is 4. The molecule has 2 amide bonds. The van der Waals surface area contributed by atoms with Crippen LogP contribution in [0.2, 0.25) is 0 Å².